The number of aryl methyl sites for hydroxylation is 2. The summed E-state index contributed by atoms with van der Waals surface area (Å²) in [6.45, 7) is 7.35. The van der Waals surface area contributed by atoms with E-state index in [1.165, 1.54) is 6.42 Å². The van der Waals surface area contributed by atoms with Gasteiger partial charge in [-0.1, -0.05) is 38.0 Å². The Kier molecular flexibility index (Phi) is 5.81. The largest absolute Gasteiger partial charge is 0.352 e. The Morgan fingerprint density at radius 1 is 1.06 bits per heavy atom. The lowest BCUT2D eigenvalue weighted by molar-refractivity contribution is -0.138. The van der Waals surface area contributed by atoms with Gasteiger partial charge in [0.25, 0.3) is 0 Å². The predicted octanol–water partition coefficient (Wildman–Crippen LogP) is 3.92. The Balaban J connectivity index is 1.49. The maximum atomic E-state index is 12.7. The van der Waals surface area contributed by atoms with Crippen molar-refractivity contribution in [3.05, 3.63) is 41.9 Å². The van der Waals surface area contributed by atoms with Crippen LogP contribution in [0.4, 0.5) is 5.82 Å². The minimum absolute atomic E-state index is 0.263. The van der Waals surface area contributed by atoms with Crippen LogP contribution in [0.3, 0.4) is 0 Å². The second kappa shape index (κ2) is 8.88. The zero-order valence-electron chi connectivity index (χ0n) is 19.1. The molecule has 1 aromatic carbocycles. The summed E-state index contributed by atoms with van der Waals surface area (Å²) < 4.78 is 1.95. The van der Waals surface area contributed by atoms with Gasteiger partial charge in [0.1, 0.15) is 11.6 Å². The number of fused-ring (bicyclic) bond motifs is 1. The van der Waals surface area contributed by atoms with Gasteiger partial charge in [0, 0.05) is 38.5 Å². The quantitative estimate of drug-likeness (QED) is 0.591. The van der Waals surface area contributed by atoms with Crippen LogP contribution in [-0.2, 0) is 11.2 Å². The Bertz CT molecular complexity index is 1100. The summed E-state index contributed by atoms with van der Waals surface area (Å²) in [6, 6.07) is 10.2. The van der Waals surface area contributed by atoms with E-state index in [1.54, 1.807) is 0 Å². The third-order valence-corrected chi connectivity index (χ3v) is 6.83. The van der Waals surface area contributed by atoms with Crippen molar-refractivity contribution in [2.45, 2.75) is 52.4 Å². The van der Waals surface area contributed by atoms with Crippen molar-refractivity contribution in [1.29, 1.82) is 0 Å². The van der Waals surface area contributed by atoms with Gasteiger partial charge in [0.15, 0.2) is 5.65 Å². The Labute approximate surface area is 189 Å². The van der Waals surface area contributed by atoms with Gasteiger partial charge in [-0.05, 0) is 38.3 Å². The molecule has 32 heavy (non-hydrogen) atoms. The monoisotopic (exact) mass is 432 g/mol. The van der Waals surface area contributed by atoms with E-state index >= 15 is 0 Å². The van der Waals surface area contributed by atoms with Crippen molar-refractivity contribution in [3.8, 4) is 5.69 Å². The lowest BCUT2D eigenvalue weighted by Gasteiger charge is -2.38. The van der Waals surface area contributed by atoms with Crippen LogP contribution in [-0.4, -0.2) is 56.7 Å². The van der Waals surface area contributed by atoms with Crippen LogP contribution >= 0.6 is 0 Å². The van der Waals surface area contributed by atoms with Crippen LogP contribution in [0.2, 0.25) is 0 Å². The molecule has 1 aliphatic carbocycles. The number of carbonyl (C=O) groups excluding carboxylic acids is 1. The van der Waals surface area contributed by atoms with Gasteiger partial charge in [0.2, 0.25) is 5.91 Å². The lowest BCUT2D eigenvalue weighted by Crippen LogP contribution is -2.51. The first-order valence-electron chi connectivity index (χ1n) is 12.0. The van der Waals surface area contributed by atoms with Gasteiger partial charge in [-0.15, -0.1) is 0 Å². The van der Waals surface area contributed by atoms with Crippen molar-refractivity contribution in [2.75, 3.05) is 31.1 Å². The van der Waals surface area contributed by atoms with Gasteiger partial charge < -0.3 is 9.80 Å². The number of piperazine rings is 1. The van der Waals surface area contributed by atoms with Gasteiger partial charge in [-0.3, -0.25) is 4.79 Å². The highest BCUT2D eigenvalue weighted by Crippen LogP contribution is 2.31. The van der Waals surface area contributed by atoms with Gasteiger partial charge in [-0.2, -0.15) is 5.10 Å². The molecule has 3 heterocycles. The molecular weight excluding hydrogens is 400 g/mol. The van der Waals surface area contributed by atoms with Gasteiger partial charge >= 0.3 is 0 Å². The summed E-state index contributed by atoms with van der Waals surface area (Å²) in [5.74, 6) is 2.45. The van der Waals surface area contributed by atoms with E-state index in [2.05, 4.69) is 28.9 Å². The molecule has 5 rings (SSSR count). The van der Waals surface area contributed by atoms with Crippen molar-refractivity contribution in [1.82, 2.24) is 24.6 Å². The zero-order valence-corrected chi connectivity index (χ0v) is 19.1. The standard InChI is InChI=1S/C25H32N6O/c1-3-4-13-21-26-23(29-14-16-30(17-15-29)25(32)19-9-8-10-19)22-18(2)28-31(24(22)27-21)20-11-6-5-7-12-20/h5-7,11-12,19H,3-4,8-10,13-17H2,1-2H3. The van der Waals surface area contributed by atoms with E-state index in [-0.39, 0.29) is 5.92 Å². The molecule has 1 saturated carbocycles. The van der Waals surface area contributed by atoms with Crippen molar-refractivity contribution in [2.24, 2.45) is 5.92 Å². The third kappa shape index (κ3) is 3.85. The molecule has 2 aliphatic rings. The molecule has 0 radical (unpaired) electrons. The number of carbonyl (C=O) groups is 1. The number of aromatic nitrogens is 4. The molecule has 0 unspecified atom stereocenters. The summed E-state index contributed by atoms with van der Waals surface area (Å²) in [5.41, 5.74) is 2.82. The van der Waals surface area contributed by atoms with Crippen LogP contribution < -0.4 is 4.90 Å². The number of amides is 1. The molecule has 2 fully saturated rings. The molecule has 168 valence electrons. The molecule has 2 aromatic heterocycles. The number of nitrogens with zero attached hydrogens (tertiary/aromatic N) is 6. The highest BCUT2D eigenvalue weighted by molar-refractivity contribution is 5.91. The molecule has 7 heteroatoms. The van der Waals surface area contributed by atoms with Gasteiger partial charge in [0.05, 0.1) is 16.8 Å². The van der Waals surface area contributed by atoms with Crippen molar-refractivity contribution in [3.63, 3.8) is 0 Å². The zero-order chi connectivity index (χ0) is 22.1. The first-order chi connectivity index (χ1) is 15.7. The summed E-state index contributed by atoms with van der Waals surface area (Å²) in [5, 5.41) is 5.87. The smallest absolute Gasteiger partial charge is 0.225 e. The predicted molar refractivity (Wildman–Crippen MR) is 126 cm³/mol. The average molecular weight is 433 g/mol. The lowest BCUT2D eigenvalue weighted by atomic mass is 9.84. The normalized spacial score (nSPS) is 17.1. The molecule has 3 aromatic rings. The number of hydrogen-bond donors (Lipinski definition) is 0. The fourth-order valence-electron chi connectivity index (χ4n) is 4.68. The minimum atomic E-state index is 0.263. The summed E-state index contributed by atoms with van der Waals surface area (Å²) in [4.78, 5) is 27.0. The molecule has 1 saturated heterocycles. The molecule has 0 atom stereocenters. The van der Waals surface area contributed by atoms with Crippen LogP contribution in [0.1, 0.15) is 50.5 Å². The second-order valence-corrected chi connectivity index (χ2v) is 9.04. The molecule has 0 N–H and O–H groups in total. The summed E-state index contributed by atoms with van der Waals surface area (Å²) >= 11 is 0. The van der Waals surface area contributed by atoms with Crippen LogP contribution in [0, 0.1) is 12.8 Å². The number of benzene rings is 1. The molecule has 0 spiro atoms. The number of anilines is 1. The van der Waals surface area contributed by atoms with E-state index in [1.807, 2.05) is 29.8 Å². The highest BCUT2D eigenvalue weighted by Gasteiger charge is 2.32. The SMILES string of the molecule is CCCCc1nc(N2CCN(C(=O)C3CCC3)CC2)c2c(C)nn(-c3ccccc3)c2n1. The average Bonchev–Trinajstić information content (AvgIpc) is 3.13. The number of unbranched alkanes of at least 4 members (excludes halogenated alkanes) is 1. The Morgan fingerprint density at radius 3 is 2.47 bits per heavy atom. The van der Waals surface area contributed by atoms with E-state index < -0.39 is 0 Å². The van der Waals surface area contributed by atoms with E-state index in [0.717, 1.165) is 92.3 Å². The molecule has 1 aliphatic heterocycles. The maximum absolute atomic E-state index is 12.7. The van der Waals surface area contributed by atoms with E-state index in [4.69, 9.17) is 15.1 Å². The number of rotatable bonds is 6. The van der Waals surface area contributed by atoms with Crippen molar-refractivity contribution < 1.29 is 4.79 Å². The number of para-hydroxylation sites is 1. The van der Waals surface area contributed by atoms with Crippen molar-refractivity contribution >= 4 is 22.8 Å². The second-order valence-electron chi connectivity index (χ2n) is 9.04. The van der Waals surface area contributed by atoms with E-state index in [0.29, 0.717) is 5.91 Å². The third-order valence-electron chi connectivity index (χ3n) is 6.83. The van der Waals surface area contributed by atoms with Gasteiger partial charge in [-0.25, -0.2) is 14.6 Å². The molecular formula is C25H32N6O. The fourth-order valence-corrected chi connectivity index (χ4v) is 4.68. The fraction of sp³-hybridized carbons (Fsp3) is 0.520. The molecule has 7 nitrogen and oxygen atoms in total. The Morgan fingerprint density at radius 2 is 1.81 bits per heavy atom. The maximum Gasteiger partial charge on any atom is 0.225 e. The Hall–Kier alpha value is -2.96. The summed E-state index contributed by atoms with van der Waals surface area (Å²) in [6.07, 6.45) is 6.34. The topological polar surface area (TPSA) is 67.2 Å². The minimum Gasteiger partial charge on any atom is -0.352 e. The highest BCUT2D eigenvalue weighted by atomic mass is 16.2. The first-order valence-corrected chi connectivity index (χ1v) is 12.0. The molecule has 1 amide bonds. The molecule has 0 bridgehead atoms. The first kappa shape index (κ1) is 20.9. The van der Waals surface area contributed by atoms with E-state index in [9.17, 15) is 4.79 Å². The number of hydrogen-bond acceptors (Lipinski definition) is 5. The van der Waals surface area contributed by atoms with Crippen LogP contribution in [0.5, 0.6) is 0 Å². The van der Waals surface area contributed by atoms with Crippen LogP contribution in [0.15, 0.2) is 30.3 Å². The summed E-state index contributed by atoms with van der Waals surface area (Å²) in [7, 11) is 0. The van der Waals surface area contributed by atoms with Crippen LogP contribution in [0.25, 0.3) is 16.7 Å².